The molecule has 0 aromatic rings. The quantitative estimate of drug-likeness (QED) is 0.514. The Hall–Kier alpha value is -0.0831. The highest BCUT2D eigenvalue weighted by Crippen LogP contribution is 2.50. The van der Waals surface area contributed by atoms with Gasteiger partial charge in [-0.05, 0) is 23.9 Å². The Labute approximate surface area is 139 Å². The maximum atomic E-state index is 7.13. The summed E-state index contributed by atoms with van der Waals surface area (Å²) in [6.07, 6.45) is 21.8. The van der Waals surface area contributed by atoms with E-state index in [1.807, 2.05) is 0 Å². The Morgan fingerprint density at radius 2 is 1.05 bits per heavy atom. The Morgan fingerprint density at radius 3 is 1.45 bits per heavy atom. The molecule has 22 heavy (non-hydrogen) atoms. The molecule has 0 bridgehead atoms. The highest BCUT2D eigenvalue weighted by Gasteiger charge is 2.49. The van der Waals surface area contributed by atoms with Crippen LogP contribution in [0.2, 0.25) is 11.1 Å². The predicted octanol–water partition coefficient (Wildman–Crippen LogP) is 6.68. The monoisotopic (exact) mass is 320 g/mol. The van der Waals surface area contributed by atoms with Crippen molar-refractivity contribution in [3.05, 3.63) is 12.3 Å². The smallest absolute Gasteiger partial charge is 0.223 e. The number of rotatable bonds is 5. The van der Waals surface area contributed by atoms with Gasteiger partial charge in [-0.2, -0.15) is 0 Å². The van der Waals surface area contributed by atoms with E-state index in [1.54, 1.807) is 0 Å². The molecule has 0 atom stereocenters. The van der Waals surface area contributed by atoms with Crippen LogP contribution in [-0.4, -0.2) is 14.4 Å². The zero-order valence-electron chi connectivity index (χ0n) is 14.5. The minimum Gasteiger partial charge on any atom is -0.410 e. The lowest BCUT2D eigenvalue weighted by Crippen LogP contribution is -2.50. The summed E-state index contributed by atoms with van der Waals surface area (Å²) in [5, 5.41) is 0. The molecular weight excluding hydrogens is 284 g/mol. The molecule has 3 fully saturated rings. The SMILES string of the molecule is C=C[Si](OC1CCCCC1)(C1CCCCC1)C1CCCCC1. The minimum absolute atomic E-state index is 0.572. The average Bonchev–Trinajstić information content (AvgIpc) is 2.62. The Morgan fingerprint density at radius 1 is 0.636 bits per heavy atom. The number of hydrogen-bond donors (Lipinski definition) is 0. The summed E-state index contributed by atoms with van der Waals surface area (Å²) >= 11 is 0. The van der Waals surface area contributed by atoms with Gasteiger partial charge in [0.15, 0.2) is 0 Å². The lowest BCUT2D eigenvalue weighted by atomic mass is 9.98. The van der Waals surface area contributed by atoms with Crippen LogP contribution in [0.1, 0.15) is 96.3 Å². The van der Waals surface area contributed by atoms with Crippen LogP contribution in [0.5, 0.6) is 0 Å². The molecule has 0 heterocycles. The largest absolute Gasteiger partial charge is 0.410 e. The van der Waals surface area contributed by atoms with Gasteiger partial charge in [-0.1, -0.05) is 89.2 Å². The van der Waals surface area contributed by atoms with E-state index in [2.05, 4.69) is 12.3 Å². The van der Waals surface area contributed by atoms with Crippen LogP contribution in [0.25, 0.3) is 0 Å². The third-order valence-electron chi connectivity index (χ3n) is 6.73. The minimum atomic E-state index is -1.79. The zero-order valence-corrected chi connectivity index (χ0v) is 15.5. The molecule has 3 saturated carbocycles. The standard InChI is InChI=1S/C20H36OSi/c1-2-22(19-14-8-4-9-15-19,20-16-10-5-11-17-20)21-18-12-6-3-7-13-18/h2,18-20H,1,3-17H2. The van der Waals surface area contributed by atoms with E-state index in [0.29, 0.717) is 6.10 Å². The molecule has 3 aliphatic rings. The molecule has 0 radical (unpaired) electrons. The van der Waals surface area contributed by atoms with E-state index in [-0.39, 0.29) is 0 Å². The van der Waals surface area contributed by atoms with E-state index in [9.17, 15) is 0 Å². The van der Waals surface area contributed by atoms with E-state index >= 15 is 0 Å². The zero-order chi connectivity index (χ0) is 15.3. The summed E-state index contributed by atoms with van der Waals surface area (Å²) in [6, 6.07) is 0. The molecule has 0 aromatic carbocycles. The van der Waals surface area contributed by atoms with Crippen LogP contribution in [0.3, 0.4) is 0 Å². The Kier molecular flexibility index (Phi) is 6.21. The predicted molar refractivity (Wildman–Crippen MR) is 97.6 cm³/mol. The molecule has 0 amide bonds. The summed E-state index contributed by atoms with van der Waals surface area (Å²) in [7, 11) is -1.79. The highest BCUT2D eigenvalue weighted by molar-refractivity contribution is 6.81. The van der Waals surface area contributed by atoms with Crippen LogP contribution < -0.4 is 0 Å². The molecule has 0 unspecified atom stereocenters. The summed E-state index contributed by atoms with van der Waals surface area (Å²) in [4.78, 5) is 0. The fraction of sp³-hybridized carbons (Fsp3) is 0.900. The van der Waals surface area contributed by atoms with Crippen molar-refractivity contribution in [2.24, 2.45) is 0 Å². The van der Waals surface area contributed by atoms with Gasteiger partial charge < -0.3 is 4.43 Å². The van der Waals surface area contributed by atoms with Crippen molar-refractivity contribution in [3.63, 3.8) is 0 Å². The van der Waals surface area contributed by atoms with Crippen LogP contribution in [0, 0.1) is 0 Å². The molecule has 3 aliphatic carbocycles. The lowest BCUT2D eigenvalue weighted by molar-refractivity contribution is 0.132. The maximum Gasteiger partial charge on any atom is 0.223 e. The van der Waals surface area contributed by atoms with Crippen LogP contribution in [0.15, 0.2) is 12.3 Å². The third-order valence-corrected chi connectivity index (χ3v) is 11.8. The third kappa shape index (κ3) is 3.70. The molecule has 0 saturated heterocycles. The highest BCUT2D eigenvalue weighted by atomic mass is 28.4. The first-order valence-electron chi connectivity index (χ1n) is 10.2. The normalized spacial score (nSPS) is 26.9. The van der Waals surface area contributed by atoms with Crippen molar-refractivity contribution >= 4 is 8.32 Å². The fourth-order valence-electron chi connectivity index (χ4n) is 5.49. The van der Waals surface area contributed by atoms with E-state index < -0.39 is 8.32 Å². The van der Waals surface area contributed by atoms with Gasteiger partial charge in [0.2, 0.25) is 8.32 Å². The van der Waals surface area contributed by atoms with Crippen molar-refractivity contribution in [3.8, 4) is 0 Å². The molecule has 0 N–H and O–H groups in total. The van der Waals surface area contributed by atoms with Crippen LogP contribution >= 0.6 is 0 Å². The Balaban J connectivity index is 1.78. The fourth-order valence-corrected chi connectivity index (χ4v) is 10.7. The second-order valence-electron chi connectivity index (χ2n) is 8.11. The molecular formula is C20H36OSi. The van der Waals surface area contributed by atoms with Gasteiger partial charge in [0, 0.05) is 6.10 Å². The molecule has 1 nitrogen and oxygen atoms in total. The van der Waals surface area contributed by atoms with Crippen molar-refractivity contribution in [2.75, 3.05) is 0 Å². The van der Waals surface area contributed by atoms with E-state index in [1.165, 1.54) is 96.3 Å². The van der Waals surface area contributed by atoms with Gasteiger partial charge >= 0.3 is 0 Å². The summed E-state index contributed by atoms with van der Waals surface area (Å²) in [5.74, 6) is 0. The van der Waals surface area contributed by atoms with Gasteiger partial charge in [0.1, 0.15) is 0 Å². The maximum absolute atomic E-state index is 7.13. The first-order chi connectivity index (χ1) is 10.8. The second-order valence-corrected chi connectivity index (χ2v) is 12.1. The van der Waals surface area contributed by atoms with Crippen molar-refractivity contribution in [2.45, 2.75) is 113 Å². The van der Waals surface area contributed by atoms with Crippen molar-refractivity contribution in [1.82, 2.24) is 0 Å². The van der Waals surface area contributed by atoms with Gasteiger partial charge in [-0.15, -0.1) is 6.58 Å². The number of hydrogen-bond acceptors (Lipinski definition) is 1. The van der Waals surface area contributed by atoms with E-state index in [0.717, 1.165) is 11.1 Å². The topological polar surface area (TPSA) is 9.23 Å². The van der Waals surface area contributed by atoms with Gasteiger partial charge in [-0.3, -0.25) is 0 Å². The molecule has 3 rings (SSSR count). The summed E-state index contributed by atoms with van der Waals surface area (Å²) < 4.78 is 7.13. The Bertz CT molecular complexity index is 318. The van der Waals surface area contributed by atoms with Crippen molar-refractivity contribution < 1.29 is 4.43 Å². The first-order valence-corrected chi connectivity index (χ1v) is 12.3. The van der Waals surface area contributed by atoms with Gasteiger partial charge in [0.05, 0.1) is 0 Å². The van der Waals surface area contributed by atoms with Crippen molar-refractivity contribution in [1.29, 1.82) is 0 Å². The van der Waals surface area contributed by atoms with Crippen LogP contribution in [0.4, 0.5) is 0 Å². The molecule has 0 spiro atoms. The molecule has 0 aromatic heterocycles. The summed E-state index contributed by atoms with van der Waals surface area (Å²) in [5.41, 5.74) is 4.17. The molecule has 126 valence electrons. The van der Waals surface area contributed by atoms with Gasteiger partial charge in [0.25, 0.3) is 0 Å². The second kappa shape index (κ2) is 8.15. The summed E-state index contributed by atoms with van der Waals surface area (Å²) in [6.45, 7) is 4.39. The average molecular weight is 321 g/mol. The van der Waals surface area contributed by atoms with Gasteiger partial charge in [-0.25, -0.2) is 0 Å². The van der Waals surface area contributed by atoms with Crippen LogP contribution in [-0.2, 0) is 4.43 Å². The lowest BCUT2D eigenvalue weighted by Gasteiger charge is -2.47. The molecule has 0 aliphatic heterocycles. The molecule has 2 heteroatoms. The van der Waals surface area contributed by atoms with E-state index in [4.69, 9.17) is 4.43 Å². The first kappa shape index (κ1) is 16.8.